The number of carbonyl (C=O) groups is 2. The minimum Gasteiger partial charge on any atom is -0.378 e. The maximum atomic E-state index is 13.0. The van der Waals surface area contributed by atoms with E-state index in [1.165, 1.54) is 0 Å². The number of carbonyl (C=O) groups excluding carboxylic acids is 2. The lowest BCUT2D eigenvalue weighted by atomic mass is 10.1. The Balaban J connectivity index is 1.45. The van der Waals surface area contributed by atoms with Crippen molar-refractivity contribution in [2.24, 2.45) is 0 Å². The number of ether oxygens (including phenoxy) is 1. The smallest absolute Gasteiger partial charge is 0.274 e. The molecule has 2 amide bonds. The lowest BCUT2D eigenvalue weighted by Gasteiger charge is -2.27. The molecular formula is C21H25N5O3. The highest BCUT2D eigenvalue weighted by atomic mass is 16.5. The number of morpholine rings is 1. The van der Waals surface area contributed by atoms with Crippen LogP contribution in [-0.2, 0) is 22.5 Å². The first-order valence-electron chi connectivity index (χ1n) is 9.95. The van der Waals surface area contributed by atoms with E-state index in [4.69, 9.17) is 4.74 Å². The van der Waals surface area contributed by atoms with Crippen molar-refractivity contribution in [2.45, 2.75) is 26.3 Å². The Morgan fingerprint density at radius 3 is 2.83 bits per heavy atom. The first-order valence-corrected chi connectivity index (χ1v) is 9.95. The Bertz CT molecular complexity index is 1020. The summed E-state index contributed by atoms with van der Waals surface area (Å²) in [5.41, 5.74) is 3.05. The number of aryl methyl sites for hydroxylation is 2. The summed E-state index contributed by atoms with van der Waals surface area (Å²) in [5.74, 6) is -0.262. The molecule has 3 aromatic rings. The second-order valence-corrected chi connectivity index (χ2v) is 7.03. The molecule has 0 bridgehead atoms. The molecule has 0 saturated carbocycles. The maximum Gasteiger partial charge on any atom is 0.274 e. The van der Waals surface area contributed by atoms with Gasteiger partial charge in [0.05, 0.1) is 25.1 Å². The van der Waals surface area contributed by atoms with Crippen molar-refractivity contribution in [1.29, 1.82) is 0 Å². The van der Waals surface area contributed by atoms with Gasteiger partial charge in [-0.1, -0.05) is 18.2 Å². The Hall–Kier alpha value is -3.13. The van der Waals surface area contributed by atoms with Gasteiger partial charge in [-0.3, -0.25) is 14.3 Å². The molecular weight excluding hydrogens is 370 g/mol. The zero-order valence-corrected chi connectivity index (χ0v) is 16.5. The molecule has 4 rings (SSSR count). The van der Waals surface area contributed by atoms with Gasteiger partial charge in [-0.15, -0.1) is 0 Å². The number of amides is 2. The average Bonchev–Trinajstić information content (AvgIpc) is 3.36. The number of hydrogen-bond donors (Lipinski definition) is 2. The number of anilines is 1. The molecule has 0 aliphatic carbocycles. The second kappa shape index (κ2) is 8.48. The fourth-order valence-electron chi connectivity index (χ4n) is 3.66. The van der Waals surface area contributed by atoms with Crippen molar-refractivity contribution in [3.8, 4) is 0 Å². The summed E-state index contributed by atoms with van der Waals surface area (Å²) < 4.78 is 6.96. The summed E-state index contributed by atoms with van der Waals surface area (Å²) in [4.78, 5) is 30.5. The Morgan fingerprint density at radius 2 is 2.03 bits per heavy atom. The van der Waals surface area contributed by atoms with E-state index in [9.17, 15) is 9.59 Å². The van der Waals surface area contributed by atoms with E-state index >= 15 is 0 Å². The van der Waals surface area contributed by atoms with E-state index in [-0.39, 0.29) is 11.8 Å². The molecule has 1 aromatic carbocycles. The third-order valence-electron chi connectivity index (χ3n) is 5.21. The molecule has 2 N–H and O–H groups in total. The first kappa shape index (κ1) is 19.2. The topological polar surface area (TPSA) is 92.2 Å². The quantitative estimate of drug-likeness (QED) is 0.670. The van der Waals surface area contributed by atoms with E-state index in [0.717, 1.165) is 16.5 Å². The van der Waals surface area contributed by atoms with E-state index in [0.29, 0.717) is 57.1 Å². The molecule has 2 aromatic heterocycles. The fraction of sp³-hybridized carbons (Fsp3) is 0.381. The normalized spacial score (nSPS) is 14.3. The summed E-state index contributed by atoms with van der Waals surface area (Å²) in [6.07, 6.45) is 4.44. The van der Waals surface area contributed by atoms with Gasteiger partial charge in [0, 0.05) is 43.2 Å². The molecule has 8 nitrogen and oxygen atoms in total. The van der Waals surface area contributed by atoms with Crippen molar-refractivity contribution < 1.29 is 14.3 Å². The van der Waals surface area contributed by atoms with Crippen LogP contribution in [0.3, 0.4) is 0 Å². The summed E-state index contributed by atoms with van der Waals surface area (Å²) in [5, 5.41) is 8.28. The average molecular weight is 395 g/mol. The molecule has 3 heterocycles. The highest BCUT2D eigenvalue weighted by Gasteiger charge is 2.26. The van der Waals surface area contributed by atoms with E-state index in [1.807, 2.05) is 37.4 Å². The number of hydrogen-bond acceptors (Lipinski definition) is 4. The number of H-pyrrole nitrogens is 1. The van der Waals surface area contributed by atoms with Gasteiger partial charge >= 0.3 is 0 Å². The summed E-state index contributed by atoms with van der Waals surface area (Å²) in [6.45, 7) is 4.61. The minimum absolute atomic E-state index is 0.125. The summed E-state index contributed by atoms with van der Waals surface area (Å²) in [7, 11) is 0. The minimum atomic E-state index is -0.137. The van der Waals surface area contributed by atoms with Crippen LogP contribution >= 0.6 is 0 Å². The Kier molecular flexibility index (Phi) is 5.62. The lowest BCUT2D eigenvalue weighted by molar-refractivity contribution is -0.116. The maximum absolute atomic E-state index is 13.0. The van der Waals surface area contributed by atoms with Gasteiger partial charge in [-0.05, 0) is 25.0 Å². The third-order valence-corrected chi connectivity index (χ3v) is 5.21. The van der Waals surface area contributed by atoms with Crippen LogP contribution in [-0.4, -0.2) is 57.8 Å². The highest BCUT2D eigenvalue weighted by Crippen LogP contribution is 2.21. The number of nitrogens with zero attached hydrogens (tertiary/aromatic N) is 3. The second-order valence-electron chi connectivity index (χ2n) is 7.03. The number of para-hydroxylation sites is 1. The first-order chi connectivity index (χ1) is 14.2. The van der Waals surface area contributed by atoms with Gasteiger partial charge in [0.1, 0.15) is 5.69 Å². The monoisotopic (exact) mass is 395 g/mol. The largest absolute Gasteiger partial charge is 0.378 e. The van der Waals surface area contributed by atoms with Crippen LogP contribution in [0.5, 0.6) is 0 Å². The number of aromatic amines is 1. The van der Waals surface area contributed by atoms with Crippen LogP contribution in [0.4, 0.5) is 5.69 Å². The van der Waals surface area contributed by atoms with E-state index in [2.05, 4.69) is 15.4 Å². The number of aromatic nitrogens is 3. The molecule has 1 saturated heterocycles. The molecule has 0 unspecified atom stereocenters. The molecule has 0 atom stereocenters. The van der Waals surface area contributed by atoms with Crippen molar-refractivity contribution >= 4 is 28.4 Å². The van der Waals surface area contributed by atoms with E-state index < -0.39 is 0 Å². The number of benzene rings is 1. The predicted octanol–water partition coefficient (Wildman–Crippen LogP) is 2.43. The van der Waals surface area contributed by atoms with Crippen molar-refractivity contribution in [3.05, 3.63) is 47.9 Å². The Morgan fingerprint density at radius 1 is 1.24 bits per heavy atom. The van der Waals surface area contributed by atoms with Gasteiger partial charge in [-0.2, -0.15) is 5.10 Å². The van der Waals surface area contributed by atoms with Crippen LogP contribution in [0, 0.1) is 0 Å². The molecule has 8 heteroatoms. The fourth-order valence-corrected chi connectivity index (χ4v) is 3.66. The predicted molar refractivity (Wildman–Crippen MR) is 110 cm³/mol. The molecule has 29 heavy (non-hydrogen) atoms. The highest BCUT2D eigenvalue weighted by molar-refractivity contribution is 6.02. The third kappa shape index (κ3) is 4.02. The van der Waals surface area contributed by atoms with Crippen molar-refractivity contribution in [1.82, 2.24) is 19.7 Å². The van der Waals surface area contributed by atoms with Gasteiger partial charge in [0.2, 0.25) is 5.91 Å². The number of nitrogens with one attached hydrogen (secondary N) is 2. The zero-order chi connectivity index (χ0) is 20.2. The molecule has 0 spiro atoms. The van der Waals surface area contributed by atoms with Crippen LogP contribution in [0.1, 0.15) is 29.4 Å². The lowest BCUT2D eigenvalue weighted by Crippen LogP contribution is -2.41. The van der Waals surface area contributed by atoms with Crippen LogP contribution in [0.25, 0.3) is 10.9 Å². The summed E-state index contributed by atoms with van der Waals surface area (Å²) in [6, 6.07) is 8.03. The van der Waals surface area contributed by atoms with Gasteiger partial charge < -0.3 is 19.9 Å². The number of fused-ring (bicyclic) bond motifs is 1. The molecule has 152 valence electrons. The molecule has 1 aliphatic heterocycles. The van der Waals surface area contributed by atoms with Gasteiger partial charge in [0.15, 0.2) is 0 Å². The summed E-state index contributed by atoms with van der Waals surface area (Å²) >= 11 is 0. The van der Waals surface area contributed by atoms with Crippen LogP contribution < -0.4 is 5.32 Å². The van der Waals surface area contributed by atoms with Crippen molar-refractivity contribution in [2.75, 3.05) is 31.6 Å². The SMILES string of the molecule is CCn1ncc(NC(=O)CCc2c[nH]c3ccccc23)c1C(=O)N1CCOCC1. The van der Waals surface area contributed by atoms with Gasteiger partial charge in [-0.25, -0.2) is 0 Å². The molecule has 1 aliphatic rings. The Labute approximate surface area is 168 Å². The standard InChI is InChI=1S/C21H25N5O3/c1-2-26-20(21(28)25-9-11-29-12-10-25)18(14-23-26)24-19(27)8-7-15-13-22-17-6-4-3-5-16(15)17/h3-6,13-14,22H,2,7-12H2,1H3,(H,24,27). The van der Waals surface area contributed by atoms with E-state index in [1.54, 1.807) is 15.8 Å². The molecule has 0 radical (unpaired) electrons. The van der Waals surface area contributed by atoms with Crippen LogP contribution in [0.2, 0.25) is 0 Å². The molecule has 1 fully saturated rings. The van der Waals surface area contributed by atoms with Crippen LogP contribution in [0.15, 0.2) is 36.7 Å². The van der Waals surface area contributed by atoms with Crippen molar-refractivity contribution in [3.63, 3.8) is 0 Å². The zero-order valence-electron chi connectivity index (χ0n) is 16.5. The number of rotatable bonds is 6. The van der Waals surface area contributed by atoms with Gasteiger partial charge in [0.25, 0.3) is 5.91 Å².